The molecule has 10 N–H and O–H groups in total. The molecular weight excluding hydrogens is 688 g/mol. The van der Waals surface area contributed by atoms with Crippen molar-refractivity contribution in [3.05, 3.63) is 59.7 Å². The summed E-state index contributed by atoms with van der Waals surface area (Å²) in [5.74, 6) is -6.47. The third-order valence-electron chi connectivity index (χ3n) is 4.60. The minimum Gasteiger partial charge on any atom is -0.507 e. The van der Waals surface area contributed by atoms with Crippen LogP contribution in [-0.2, 0) is 40.5 Å². The second-order valence-electron chi connectivity index (χ2n) is 7.66. The highest BCUT2D eigenvalue weighted by Crippen LogP contribution is 2.34. The number of hydrogen-bond acceptors (Lipinski definition) is 14. The zero-order valence-electron chi connectivity index (χ0n) is 20.8. The molecule has 0 aromatic heterocycles. The molecule has 0 saturated heterocycles. The minimum absolute atomic E-state index is 0.305. The van der Waals surface area contributed by atoms with Crippen LogP contribution in [0.1, 0.15) is 20.7 Å². The first-order chi connectivity index (χ1) is 19.7. The first kappa shape index (κ1) is 37.5. The molecule has 3 rings (SSSR count). The van der Waals surface area contributed by atoms with E-state index in [1.165, 1.54) is 0 Å². The van der Waals surface area contributed by atoms with Crippen molar-refractivity contribution in [2.75, 3.05) is 0 Å². The molecule has 0 fully saturated rings. The summed E-state index contributed by atoms with van der Waals surface area (Å²) in [6, 6.07) is 5.63. The van der Waals surface area contributed by atoms with E-state index < -0.39 is 106 Å². The number of rotatable bonds is 6. The molecule has 0 saturated carbocycles. The Labute approximate surface area is 246 Å². The quantitative estimate of drug-likeness (QED) is 0.121. The van der Waals surface area contributed by atoms with Gasteiger partial charge in [-0.3, -0.25) is 18.2 Å². The Morgan fingerprint density at radius 2 is 0.864 bits per heavy atom. The number of hydrogen-bond donors (Lipinski definition) is 10. The summed E-state index contributed by atoms with van der Waals surface area (Å²) in [5, 5.41) is 53.2. The first-order valence-corrected chi connectivity index (χ1v) is 16.0. The fourth-order valence-electron chi connectivity index (χ4n) is 2.61. The van der Waals surface area contributed by atoms with Crippen molar-refractivity contribution < 1.29 is 92.1 Å². The molecule has 0 aliphatic carbocycles. The average Bonchev–Trinajstić information content (AvgIpc) is 2.83. The third kappa shape index (κ3) is 10.3. The fraction of sp³-hybridized carbons (Fsp3) is 0. The van der Waals surface area contributed by atoms with Gasteiger partial charge >= 0.3 is 11.9 Å². The van der Waals surface area contributed by atoms with Gasteiger partial charge in [0.05, 0.1) is 14.7 Å². The molecule has 0 unspecified atom stereocenters. The number of benzene rings is 3. The van der Waals surface area contributed by atoms with E-state index in [1.807, 2.05) is 0 Å². The maximum Gasteiger partial charge on any atom is 0.339 e. The summed E-state index contributed by atoms with van der Waals surface area (Å²) >= 11 is 0. The van der Waals surface area contributed by atoms with Crippen LogP contribution >= 0.6 is 0 Å². The van der Waals surface area contributed by atoms with Gasteiger partial charge in [-0.25, -0.2) is 9.59 Å². The number of phenolic OH excluding ortho intramolecular Hbond substituents is 2. The van der Waals surface area contributed by atoms with Gasteiger partial charge in [0.25, 0.3) is 40.5 Å². The van der Waals surface area contributed by atoms with E-state index in [1.54, 1.807) is 0 Å². The van der Waals surface area contributed by atoms with Gasteiger partial charge in [0.2, 0.25) is 0 Å². The second kappa shape index (κ2) is 13.4. The summed E-state index contributed by atoms with van der Waals surface area (Å²) < 4.78 is 119. The number of phenols is 4. The van der Waals surface area contributed by atoms with Gasteiger partial charge in [-0.15, -0.1) is 0 Å². The molecule has 24 heteroatoms. The molecular formula is C20H18O20S4. The lowest BCUT2D eigenvalue weighted by molar-refractivity contribution is 0.0682. The van der Waals surface area contributed by atoms with Crippen LogP contribution in [-0.4, -0.2) is 94.5 Å². The summed E-state index contributed by atoms with van der Waals surface area (Å²) in [6.45, 7) is 0. The van der Waals surface area contributed by atoms with Crippen LogP contribution in [0.5, 0.6) is 23.0 Å². The van der Waals surface area contributed by atoms with Gasteiger partial charge in [-0.2, -0.15) is 33.7 Å². The number of carbonyl (C=O) groups is 2. The maximum absolute atomic E-state index is 10.7. The van der Waals surface area contributed by atoms with Gasteiger partial charge in [0, 0.05) is 12.1 Å². The van der Waals surface area contributed by atoms with Crippen molar-refractivity contribution in [3.8, 4) is 23.0 Å². The lowest BCUT2D eigenvalue weighted by atomic mass is 10.2. The Bertz CT molecular complexity index is 2050. The Kier molecular flexibility index (Phi) is 11.4. The van der Waals surface area contributed by atoms with E-state index in [0.29, 0.717) is 24.3 Å². The molecule has 0 radical (unpaired) electrons. The Hall–Kier alpha value is -4.56. The van der Waals surface area contributed by atoms with Crippen LogP contribution in [0.3, 0.4) is 0 Å². The Morgan fingerprint density at radius 3 is 1.25 bits per heavy atom. The van der Waals surface area contributed by atoms with Gasteiger partial charge in [0.15, 0.2) is 11.5 Å². The number of aromatic carboxylic acids is 2. The fourth-order valence-corrected chi connectivity index (χ4v) is 4.85. The molecule has 0 heterocycles. The van der Waals surface area contributed by atoms with Crippen molar-refractivity contribution in [3.63, 3.8) is 0 Å². The monoisotopic (exact) mass is 706 g/mol. The summed E-state index contributed by atoms with van der Waals surface area (Å²) in [7, 11) is -18.6. The molecule has 0 aliphatic heterocycles. The number of carboxylic acids is 2. The van der Waals surface area contributed by atoms with Crippen LogP contribution in [0.15, 0.2) is 68.1 Å². The topological polar surface area (TPSA) is 373 Å². The lowest BCUT2D eigenvalue weighted by Gasteiger charge is -2.05. The van der Waals surface area contributed by atoms with Crippen molar-refractivity contribution in [1.82, 2.24) is 0 Å². The van der Waals surface area contributed by atoms with Crippen LogP contribution in [0.2, 0.25) is 0 Å². The standard InChI is InChI=1S/2C7H6O6S.C6H6O8S2/c8-6-2-1-4(14(11,12)13)3-5(6)7(9)10;8-6-3-4(14(11,12)13)1-2-5(6)7(9)10;7-4-1-3(15(9,10)11)2-5(6(4)8)16(12,13)14/h2*1-3,8H,(H,9,10)(H,11,12,13);1-2,7-8H,(H,9,10,11)(H,12,13,14). The Morgan fingerprint density at radius 1 is 0.455 bits per heavy atom. The van der Waals surface area contributed by atoms with E-state index in [9.17, 15) is 43.3 Å². The molecule has 0 aliphatic rings. The SMILES string of the molecule is O=C(O)c1cc(S(=O)(=O)O)ccc1O.O=C(O)c1ccc(S(=O)(=O)O)cc1O.O=S(=O)(O)c1cc(O)c(O)c(S(=O)(=O)O)c1. The van der Waals surface area contributed by atoms with Gasteiger partial charge < -0.3 is 30.6 Å². The van der Waals surface area contributed by atoms with Crippen molar-refractivity contribution >= 4 is 52.4 Å². The molecule has 44 heavy (non-hydrogen) atoms. The van der Waals surface area contributed by atoms with E-state index in [4.69, 9.17) is 48.9 Å². The predicted molar refractivity (Wildman–Crippen MR) is 139 cm³/mol. The highest BCUT2D eigenvalue weighted by Gasteiger charge is 2.23. The van der Waals surface area contributed by atoms with Crippen molar-refractivity contribution in [1.29, 1.82) is 0 Å². The summed E-state index contributed by atoms with van der Waals surface area (Å²) in [4.78, 5) is 17.5. The van der Waals surface area contributed by atoms with Crippen LogP contribution in [0.25, 0.3) is 0 Å². The largest absolute Gasteiger partial charge is 0.507 e. The zero-order valence-corrected chi connectivity index (χ0v) is 24.1. The summed E-state index contributed by atoms with van der Waals surface area (Å²) in [5.41, 5.74) is -1.02. The van der Waals surface area contributed by atoms with Crippen molar-refractivity contribution in [2.45, 2.75) is 19.6 Å². The Balaban J connectivity index is 0.000000331. The molecule has 3 aromatic rings. The molecule has 242 valence electrons. The zero-order chi connectivity index (χ0) is 34.6. The van der Waals surface area contributed by atoms with E-state index in [2.05, 4.69) is 0 Å². The van der Waals surface area contributed by atoms with Gasteiger partial charge in [-0.05, 0) is 36.4 Å². The maximum atomic E-state index is 10.7. The molecule has 0 atom stereocenters. The molecule has 0 bridgehead atoms. The third-order valence-corrected chi connectivity index (χ3v) is 8.00. The van der Waals surface area contributed by atoms with Gasteiger partial charge in [-0.1, -0.05) is 0 Å². The van der Waals surface area contributed by atoms with Crippen LogP contribution < -0.4 is 0 Å². The number of carboxylic acid groups (broad SMARTS) is 2. The van der Waals surface area contributed by atoms with E-state index >= 15 is 0 Å². The smallest absolute Gasteiger partial charge is 0.339 e. The van der Waals surface area contributed by atoms with Gasteiger partial charge in [0.1, 0.15) is 27.5 Å². The molecule has 3 aromatic carbocycles. The molecule has 0 amide bonds. The predicted octanol–water partition coefficient (Wildman–Crippen LogP) is 0.265. The van der Waals surface area contributed by atoms with Crippen LogP contribution in [0.4, 0.5) is 0 Å². The average molecular weight is 707 g/mol. The van der Waals surface area contributed by atoms with Crippen molar-refractivity contribution in [2.24, 2.45) is 0 Å². The normalized spacial score (nSPS) is 11.7. The van der Waals surface area contributed by atoms with E-state index in [0.717, 1.165) is 24.3 Å². The van der Waals surface area contributed by atoms with Crippen LogP contribution in [0, 0.1) is 0 Å². The molecule has 0 spiro atoms. The summed E-state index contributed by atoms with van der Waals surface area (Å²) in [6.07, 6.45) is 0. The van der Waals surface area contributed by atoms with E-state index in [-0.39, 0.29) is 0 Å². The first-order valence-electron chi connectivity index (χ1n) is 10.3. The minimum atomic E-state index is -4.92. The number of aromatic hydroxyl groups is 4. The lowest BCUT2D eigenvalue weighted by Crippen LogP contribution is -2.03. The second-order valence-corrected chi connectivity index (χ2v) is 13.3. The molecule has 20 nitrogen and oxygen atoms in total. The highest BCUT2D eigenvalue weighted by atomic mass is 32.2. The highest BCUT2D eigenvalue weighted by molar-refractivity contribution is 7.87.